The summed E-state index contributed by atoms with van der Waals surface area (Å²) in [5.74, 6) is 2.35. The number of hydrogen-bond donors (Lipinski definition) is 2. The number of halogens is 1. The molecule has 5 nitrogen and oxygen atoms in total. The molecule has 20 heavy (non-hydrogen) atoms. The van der Waals surface area contributed by atoms with Crippen molar-refractivity contribution in [3.8, 4) is 0 Å². The van der Waals surface area contributed by atoms with Crippen molar-refractivity contribution >= 4 is 39.8 Å². The van der Waals surface area contributed by atoms with Gasteiger partial charge in [-0.05, 0) is 38.5 Å². The van der Waals surface area contributed by atoms with Gasteiger partial charge in [-0.2, -0.15) is 0 Å². The molecule has 7 heteroatoms. The molecule has 0 radical (unpaired) electrons. The normalized spacial score (nSPS) is 31.8. The molecular formula is C13H26IN3O2S. The Labute approximate surface area is 139 Å². The molecule has 1 saturated heterocycles. The van der Waals surface area contributed by atoms with Crippen LogP contribution in [0.4, 0.5) is 0 Å². The van der Waals surface area contributed by atoms with Crippen molar-refractivity contribution < 1.29 is 8.42 Å². The van der Waals surface area contributed by atoms with Gasteiger partial charge in [-0.15, -0.1) is 24.0 Å². The van der Waals surface area contributed by atoms with E-state index in [1.54, 1.807) is 0 Å². The Bertz CT molecular complexity index is 451. The van der Waals surface area contributed by atoms with Crippen LogP contribution >= 0.6 is 24.0 Å². The molecule has 1 aliphatic heterocycles. The van der Waals surface area contributed by atoms with Gasteiger partial charge in [0.2, 0.25) is 0 Å². The first-order valence-corrected chi connectivity index (χ1v) is 8.96. The second-order valence-electron chi connectivity index (χ2n) is 6.22. The summed E-state index contributed by atoms with van der Waals surface area (Å²) in [6.07, 6.45) is 1.94. The van der Waals surface area contributed by atoms with E-state index >= 15 is 0 Å². The second-order valence-corrected chi connectivity index (χ2v) is 8.45. The molecule has 0 aromatic heterocycles. The first-order valence-electron chi connectivity index (χ1n) is 7.13. The molecule has 0 bridgehead atoms. The number of nitrogens with zero attached hydrogens (tertiary/aromatic N) is 1. The summed E-state index contributed by atoms with van der Waals surface area (Å²) in [4.78, 5) is 4.56. The molecule has 2 aliphatic rings. The number of sulfone groups is 1. The first kappa shape index (κ1) is 18.0. The topological polar surface area (TPSA) is 70.6 Å². The Hall–Kier alpha value is -0.0500. The van der Waals surface area contributed by atoms with E-state index in [9.17, 15) is 8.42 Å². The van der Waals surface area contributed by atoms with E-state index in [1.165, 1.54) is 6.42 Å². The van der Waals surface area contributed by atoms with Gasteiger partial charge in [0.05, 0.1) is 11.5 Å². The fourth-order valence-electron chi connectivity index (χ4n) is 2.34. The average molecular weight is 415 g/mol. The third-order valence-corrected chi connectivity index (χ3v) is 5.53. The summed E-state index contributed by atoms with van der Waals surface area (Å²) in [5.41, 5.74) is 0. The van der Waals surface area contributed by atoms with E-state index < -0.39 is 9.84 Å². The maximum Gasteiger partial charge on any atom is 0.191 e. The van der Waals surface area contributed by atoms with Crippen molar-refractivity contribution in [1.82, 2.24) is 10.6 Å². The minimum absolute atomic E-state index is 0. The lowest BCUT2D eigenvalue weighted by Gasteiger charge is -2.16. The molecule has 2 rings (SSSR count). The van der Waals surface area contributed by atoms with Gasteiger partial charge in [0.25, 0.3) is 0 Å². The highest BCUT2D eigenvalue weighted by atomic mass is 127. The van der Waals surface area contributed by atoms with E-state index in [0.29, 0.717) is 36.1 Å². The molecular weight excluding hydrogens is 389 g/mol. The van der Waals surface area contributed by atoms with Crippen molar-refractivity contribution in [3.05, 3.63) is 0 Å². The highest BCUT2D eigenvalue weighted by Crippen LogP contribution is 2.28. The standard InChI is InChI=1S/C13H25N3O2S.HI/c1-9(2)15-13(16-12-6-10(12)3)14-7-11-4-5-19(17,18)8-11;/h9-12H,4-8H2,1-3H3,(H2,14,15,16);1H. The Balaban J connectivity index is 0.00000200. The minimum atomic E-state index is -2.80. The highest BCUT2D eigenvalue weighted by molar-refractivity contribution is 14.0. The Morgan fingerprint density at radius 1 is 1.40 bits per heavy atom. The van der Waals surface area contributed by atoms with Crippen LogP contribution in [0.25, 0.3) is 0 Å². The van der Waals surface area contributed by atoms with Crippen LogP contribution in [0.1, 0.15) is 33.6 Å². The number of guanidine groups is 1. The van der Waals surface area contributed by atoms with Gasteiger partial charge in [0, 0.05) is 18.6 Å². The van der Waals surface area contributed by atoms with Gasteiger partial charge in [0.15, 0.2) is 15.8 Å². The van der Waals surface area contributed by atoms with Crippen LogP contribution in [-0.4, -0.2) is 44.5 Å². The van der Waals surface area contributed by atoms with Crippen molar-refractivity contribution in [2.24, 2.45) is 16.8 Å². The lowest BCUT2D eigenvalue weighted by atomic mass is 10.1. The molecule has 1 heterocycles. The SMILES string of the molecule is CC(C)NC(=NCC1CCS(=O)(=O)C1)NC1CC1C.I. The van der Waals surface area contributed by atoms with Crippen LogP contribution in [0.3, 0.4) is 0 Å². The fraction of sp³-hybridized carbons (Fsp3) is 0.923. The van der Waals surface area contributed by atoms with Crippen molar-refractivity contribution in [3.63, 3.8) is 0 Å². The molecule has 118 valence electrons. The summed E-state index contributed by atoms with van der Waals surface area (Å²) in [5, 5.41) is 6.71. The number of nitrogens with one attached hydrogen (secondary N) is 2. The molecule has 3 atom stereocenters. The van der Waals surface area contributed by atoms with Gasteiger partial charge in [-0.25, -0.2) is 8.42 Å². The lowest BCUT2D eigenvalue weighted by Crippen LogP contribution is -2.42. The molecule has 2 N–H and O–H groups in total. The molecule has 0 aromatic carbocycles. The average Bonchev–Trinajstić information content (AvgIpc) is 2.84. The minimum Gasteiger partial charge on any atom is -0.354 e. The van der Waals surface area contributed by atoms with Crippen LogP contribution in [0.15, 0.2) is 4.99 Å². The Kier molecular flexibility index (Phi) is 6.56. The molecule has 0 spiro atoms. The molecule has 2 fully saturated rings. The Morgan fingerprint density at radius 2 is 2.05 bits per heavy atom. The molecule has 0 aromatic rings. The fourth-order valence-corrected chi connectivity index (χ4v) is 4.19. The number of rotatable bonds is 4. The summed E-state index contributed by atoms with van der Waals surface area (Å²) < 4.78 is 22.8. The predicted molar refractivity (Wildman–Crippen MR) is 93.5 cm³/mol. The monoisotopic (exact) mass is 415 g/mol. The molecule has 3 unspecified atom stereocenters. The van der Waals surface area contributed by atoms with Gasteiger partial charge in [0.1, 0.15) is 0 Å². The number of hydrogen-bond acceptors (Lipinski definition) is 3. The quantitative estimate of drug-likeness (QED) is 0.414. The highest BCUT2D eigenvalue weighted by Gasteiger charge is 2.33. The van der Waals surface area contributed by atoms with Gasteiger partial charge < -0.3 is 10.6 Å². The largest absolute Gasteiger partial charge is 0.354 e. The zero-order chi connectivity index (χ0) is 14.0. The maximum atomic E-state index is 11.4. The van der Waals surface area contributed by atoms with Crippen LogP contribution < -0.4 is 10.6 Å². The summed E-state index contributed by atoms with van der Waals surface area (Å²) in [6, 6.07) is 0.852. The van der Waals surface area contributed by atoms with Crippen molar-refractivity contribution in [2.75, 3.05) is 18.1 Å². The molecule has 1 aliphatic carbocycles. The van der Waals surface area contributed by atoms with E-state index in [2.05, 4.69) is 36.4 Å². The van der Waals surface area contributed by atoms with Crippen molar-refractivity contribution in [2.45, 2.75) is 45.7 Å². The summed E-state index contributed by atoms with van der Waals surface area (Å²) in [6.45, 7) is 6.97. The zero-order valence-electron chi connectivity index (χ0n) is 12.4. The van der Waals surface area contributed by atoms with Gasteiger partial charge >= 0.3 is 0 Å². The lowest BCUT2D eigenvalue weighted by molar-refractivity contribution is 0.587. The van der Waals surface area contributed by atoms with Crippen molar-refractivity contribution in [1.29, 1.82) is 0 Å². The summed E-state index contributed by atoms with van der Waals surface area (Å²) >= 11 is 0. The van der Waals surface area contributed by atoms with Gasteiger partial charge in [-0.3, -0.25) is 4.99 Å². The van der Waals surface area contributed by atoms with Crippen LogP contribution in [0, 0.1) is 11.8 Å². The summed E-state index contributed by atoms with van der Waals surface area (Å²) in [7, 11) is -2.80. The smallest absolute Gasteiger partial charge is 0.191 e. The van der Waals surface area contributed by atoms with E-state index in [0.717, 1.165) is 12.4 Å². The third-order valence-electron chi connectivity index (χ3n) is 3.69. The second kappa shape index (κ2) is 7.29. The maximum absolute atomic E-state index is 11.4. The van der Waals surface area contributed by atoms with Crippen LogP contribution in [0.2, 0.25) is 0 Å². The first-order chi connectivity index (χ1) is 8.85. The third kappa shape index (κ3) is 5.75. The zero-order valence-corrected chi connectivity index (χ0v) is 15.6. The van der Waals surface area contributed by atoms with E-state index in [1.807, 2.05) is 0 Å². The van der Waals surface area contributed by atoms with E-state index in [-0.39, 0.29) is 29.9 Å². The Morgan fingerprint density at radius 3 is 2.50 bits per heavy atom. The van der Waals surface area contributed by atoms with Gasteiger partial charge in [-0.1, -0.05) is 6.92 Å². The predicted octanol–water partition coefficient (Wildman–Crippen LogP) is 1.39. The van der Waals surface area contributed by atoms with E-state index in [4.69, 9.17) is 0 Å². The molecule has 0 amide bonds. The van der Waals surface area contributed by atoms with Crippen LogP contribution in [0.5, 0.6) is 0 Å². The molecule has 1 saturated carbocycles. The van der Waals surface area contributed by atoms with Crippen LogP contribution in [-0.2, 0) is 9.84 Å². The number of aliphatic imine (C=N–C) groups is 1.